The average molecular weight is 593 g/mol. The molecule has 0 radical (unpaired) electrons. The SMILES string of the molecule is CC(C)N(C=Nc1ccc2ccccc2c1-c1c(-c2cc(C(F)(F)F)cc(C(F)(F)F)c2)ccc2ccccc12)C(C)C. The number of hydrogen-bond acceptors (Lipinski definition) is 1. The lowest BCUT2D eigenvalue weighted by molar-refractivity contribution is -0.143. The molecule has 0 aliphatic rings. The van der Waals surface area contributed by atoms with E-state index in [0.717, 1.165) is 28.3 Å². The van der Waals surface area contributed by atoms with Crippen LogP contribution < -0.4 is 0 Å². The summed E-state index contributed by atoms with van der Waals surface area (Å²) in [5.41, 5.74) is -0.987. The van der Waals surface area contributed by atoms with Crippen LogP contribution in [0, 0.1) is 0 Å². The molecule has 0 unspecified atom stereocenters. The van der Waals surface area contributed by atoms with Crippen LogP contribution in [-0.4, -0.2) is 23.3 Å². The van der Waals surface area contributed by atoms with E-state index in [-0.39, 0.29) is 29.3 Å². The fourth-order valence-corrected chi connectivity index (χ4v) is 5.51. The minimum absolute atomic E-state index is 0.145. The third kappa shape index (κ3) is 6.10. The van der Waals surface area contributed by atoms with Gasteiger partial charge >= 0.3 is 12.4 Å². The second-order valence-corrected chi connectivity index (χ2v) is 11.1. The molecule has 222 valence electrons. The first-order valence-corrected chi connectivity index (χ1v) is 13.9. The quantitative estimate of drug-likeness (QED) is 0.109. The predicted octanol–water partition coefficient (Wildman–Crippen LogP) is 11.1. The topological polar surface area (TPSA) is 15.6 Å². The Bertz CT molecular complexity index is 1780. The summed E-state index contributed by atoms with van der Waals surface area (Å²) < 4.78 is 83.5. The van der Waals surface area contributed by atoms with Gasteiger partial charge in [0.05, 0.1) is 23.2 Å². The predicted molar refractivity (Wildman–Crippen MR) is 163 cm³/mol. The summed E-state index contributed by atoms with van der Waals surface area (Å²) in [6.45, 7) is 8.17. The van der Waals surface area contributed by atoms with Crippen LogP contribution in [0.2, 0.25) is 0 Å². The van der Waals surface area contributed by atoms with Crippen molar-refractivity contribution >= 4 is 33.6 Å². The minimum atomic E-state index is -4.97. The van der Waals surface area contributed by atoms with Crippen LogP contribution in [0.4, 0.5) is 32.0 Å². The molecule has 43 heavy (non-hydrogen) atoms. The molecule has 0 amide bonds. The van der Waals surface area contributed by atoms with Crippen molar-refractivity contribution < 1.29 is 26.3 Å². The van der Waals surface area contributed by atoms with Crippen molar-refractivity contribution in [3.8, 4) is 22.3 Å². The van der Waals surface area contributed by atoms with Crippen LogP contribution in [0.25, 0.3) is 43.8 Å². The molecule has 0 aliphatic heterocycles. The molecule has 5 aromatic carbocycles. The summed E-state index contributed by atoms with van der Waals surface area (Å²) in [6, 6.07) is 24.0. The molecule has 0 heterocycles. The van der Waals surface area contributed by atoms with E-state index in [0.29, 0.717) is 22.2 Å². The van der Waals surface area contributed by atoms with E-state index in [1.165, 1.54) is 0 Å². The molecule has 0 saturated heterocycles. The van der Waals surface area contributed by atoms with Gasteiger partial charge in [0.15, 0.2) is 0 Å². The second kappa shape index (κ2) is 11.4. The van der Waals surface area contributed by atoms with Gasteiger partial charge in [-0.2, -0.15) is 26.3 Å². The Morgan fingerprint density at radius 1 is 0.605 bits per heavy atom. The summed E-state index contributed by atoms with van der Waals surface area (Å²) in [4.78, 5) is 6.95. The van der Waals surface area contributed by atoms with Gasteiger partial charge in [-0.3, -0.25) is 0 Å². The second-order valence-electron chi connectivity index (χ2n) is 11.1. The van der Waals surface area contributed by atoms with Gasteiger partial charge < -0.3 is 4.90 Å². The van der Waals surface area contributed by atoms with Gasteiger partial charge in [0, 0.05) is 23.2 Å². The van der Waals surface area contributed by atoms with E-state index in [1.54, 1.807) is 24.5 Å². The zero-order valence-corrected chi connectivity index (χ0v) is 24.1. The highest BCUT2D eigenvalue weighted by Gasteiger charge is 2.37. The van der Waals surface area contributed by atoms with E-state index in [9.17, 15) is 26.3 Å². The van der Waals surface area contributed by atoms with Crippen molar-refractivity contribution in [2.45, 2.75) is 52.1 Å². The Kier molecular flexibility index (Phi) is 7.99. The molecule has 0 fully saturated rings. The van der Waals surface area contributed by atoms with E-state index < -0.39 is 23.5 Å². The maximum Gasteiger partial charge on any atom is 0.416 e. The third-order valence-electron chi connectivity index (χ3n) is 7.51. The van der Waals surface area contributed by atoms with Crippen LogP contribution in [0.5, 0.6) is 0 Å². The normalized spacial score (nSPS) is 12.7. The van der Waals surface area contributed by atoms with E-state index in [1.807, 2.05) is 82.3 Å². The molecule has 2 nitrogen and oxygen atoms in total. The molecule has 5 rings (SSSR count). The van der Waals surface area contributed by atoms with Crippen molar-refractivity contribution in [1.29, 1.82) is 0 Å². The van der Waals surface area contributed by atoms with Gasteiger partial charge in [0.25, 0.3) is 0 Å². The smallest absolute Gasteiger partial charge is 0.358 e. The zero-order chi connectivity index (χ0) is 31.1. The summed E-state index contributed by atoms with van der Waals surface area (Å²) in [5.74, 6) is 0. The van der Waals surface area contributed by atoms with Crippen LogP contribution in [0.3, 0.4) is 0 Å². The van der Waals surface area contributed by atoms with E-state index in [4.69, 9.17) is 4.99 Å². The van der Waals surface area contributed by atoms with Crippen LogP contribution in [-0.2, 0) is 12.4 Å². The van der Waals surface area contributed by atoms with Crippen LogP contribution >= 0.6 is 0 Å². The molecule has 5 aromatic rings. The standard InChI is InChI=1S/C35H30F6N2/c1-21(2)43(22(3)4)20-42-31-16-14-24-10-6-8-12-29(24)33(31)32-28-11-7-5-9-23(28)13-15-30(32)25-17-26(34(36,37)38)19-27(18-25)35(39,40)41/h5-22H,1-4H3. The lowest BCUT2D eigenvalue weighted by Crippen LogP contribution is -2.35. The van der Waals surface area contributed by atoms with Crippen molar-refractivity contribution in [1.82, 2.24) is 4.90 Å². The molecule has 0 N–H and O–H groups in total. The maximum atomic E-state index is 13.9. The largest absolute Gasteiger partial charge is 0.416 e. The Balaban J connectivity index is 1.91. The number of fused-ring (bicyclic) bond motifs is 2. The number of halogens is 6. The lowest BCUT2D eigenvalue weighted by Gasteiger charge is -2.28. The number of aliphatic imine (C=N–C) groups is 1. The first-order chi connectivity index (χ1) is 20.3. The first kappa shape index (κ1) is 30.1. The zero-order valence-electron chi connectivity index (χ0n) is 24.1. The third-order valence-corrected chi connectivity index (χ3v) is 7.51. The monoisotopic (exact) mass is 592 g/mol. The molecule has 0 atom stereocenters. The average Bonchev–Trinajstić information content (AvgIpc) is 2.95. The molecular weight excluding hydrogens is 562 g/mol. The van der Waals surface area contributed by atoms with E-state index >= 15 is 0 Å². The molecule has 0 bridgehead atoms. The summed E-state index contributed by atoms with van der Waals surface area (Å²) >= 11 is 0. The van der Waals surface area contributed by atoms with Gasteiger partial charge in [0.2, 0.25) is 0 Å². The first-order valence-electron chi connectivity index (χ1n) is 13.9. The molecule has 0 spiro atoms. The molecule has 8 heteroatoms. The highest BCUT2D eigenvalue weighted by atomic mass is 19.4. The van der Waals surface area contributed by atoms with Gasteiger partial charge in [-0.1, -0.05) is 66.7 Å². The molecule has 0 saturated carbocycles. The number of nitrogens with zero attached hydrogens (tertiary/aromatic N) is 2. The van der Waals surface area contributed by atoms with Crippen molar-refractivity contribution in [2.24, 2.45) is 4.99 Å². The Hall–Kier alpha value is -4.33. The minimum Gasteiger partial charge on any atom is -0.358 e. The fraction of sp³-hybridized carbons (Fsp3) is 0.229. The summed E-state index contributed by atoms with van der Waals surface area (Å²) in [7, 11) is 0. The molecule has 0 aliphatic carbocycles. The van der Waals surface area contributed by atoms with Crippen molar-refractivity contribution in [2.75, 3.05) is 0 Å². The maximum absolute atomic E-state index is 13.9. The molecular formula is C35H30F6N2. The highest BCUT2D eigenvalue weighted by molar-refractivity contribution is 6.14. The van der Waals surface area contributed by atoms with Gasteiger partial charge in [0.1, 0.15) is 0 Å². The van der Waals surface area contributed by atoms with Crippen LogP contribution in [0.1, 0.15) is 38.8 Å². The fourth-order valence-electron chi connectivity index (χ4n) is 5.51. The van der Waals surface area contributed by atoms with Crippen molar-refractivity contribution in [3.63, 3.8) is 0 Å². The number of alkyl halides is 6. The van der Waals surface area contributed by atoms with Gasteiger partial charge in [-0.05, 0) is 84.6 Å². The highest BCUT2D eigenvalue weighted by Crippen LogP contribution is 2.47. The van der Waals surface area contributed by atoms with Gasteiger partial charge in [-0.15, -0.1) is 0 Å². The lowest BCUT2D eigenvalue weighted by atomic mass is 9.85. The van der Waals surface area contributed by atoms with Crippen molar-refractivity contribution in [3.05, 3.63) is 102 Å². The Labute approximate surface area is 246 Å². The summed E-state index contributed by atoms with van der Waals surface area (Å²) in [5, 5.41) is 3.11. The number of benzene rings is 5. The Morgan fingerprint density at radius 3 is 1.60 bits per heavy atom. The van der Waals surface area contributed by atoms with E-state index in [2.05, 4.69) is 4.90 Å². The number of hydrogen-bond donors (Lipinski definition) is 0. The van der Waals surface area contributed by atoms with Gasteiger partial charge in [-0.25, -0.2) is 4.99 Å². The Morgan fingerprint density at radius 2 is 1.09 bits per heavy atom. The summed E-state index contributed by atoms with van der Waals surface area (Å²) in [6.07, 6.45) is -8.20. The van der Waals surface area contributed by atoms with Crippen LogP contribution in [0.15, 0.2) is 96.0 Å². The number of rotatable bonds is 6. The molecule has 0 aromatic heterocycles.